The van der Waals surface area contributed by atoms with Crippen molar-refractivity contribution in [3.05, 3.63) is 58.5 Å². The first-order valence-electron chi connectivity index (χ1n) is 18.3. The van der Waals surface area contributed by atoms with E-state index in [1.165, 1.54) is 11.1 Å². The normalized spacial score (nSPS) is 15.6. The maximum atomic E-state index is 17.9. The third kappa shape index (κ3) is 7.87. The van der Waals surface area contributed by atoms with Gasteiger partial charge in [0, 0.05) is 36.3 Å². The summed E-state index contributed by atoms with van der Waals surface area (Å²) >= 11 is 0.809. The number of anilines is 3. The zero-order valence-corrected chi connectivity index (χ0v) is 33.7. The Bertz CT molecular complexity index is 2440. The molecule has 0 spiro atoms. The Kier molecular flexibility index (Phi) is 10.4. The van der Waals surface area contributed by atoms with Gasteiger partial charge >= 0.3 is 12.2 Å². The summed E-state index contributed by atoms with van der Waals surface area (Å²) < 4.78 is 50.7. The van der Waals surface area contributed by atoms with Crippen molar-refractivity contribution in [1.29, 1.82) is 5.26 Å². The number of hydrogen-bond donors (Lipinski definition) is 1. The topological polar surface area (TPSA) is 172 Å². The number of amides is 2. The molecule has 1 atom stereocenters. The molecule has 2 aliphatic heterocycles. The Hall–Kier alpha value is -5.64. The molecule has 0 saturated carbocycles. The highest BCUT2D eigenvalue weighted by molar-refractivity contribution is 7.23. The fourth-order valence-electron chi connectivity index (χ4n) is 6.90. The van der Waals surface area contributed by atoms with Crippen LogP contribution in [-0.4, -0.2) is 86.7 Å². The number of carbonyl (C=O) groups excluding carboxylic acids is 2. The Morgan fingerprint density at radius 2 is 1.82 bits per heavy atom. The fourth-order valence-corrected chi connectivity index (χ4v) is 7.94. The number of halogens is 2. The standard InChI is InChI=1S/C39H42F2N10O5S/c1-38(2,3)55-36(52)47-34-22(14-42)27-30(43-15-25(40)32(27)57-34)26-23-18-54-19-24(23)28-31(29(26)41)45-35(50-13-11-21(17-50)49(7)8)46-33(28)51(37(53)56-39(4,5)6)16-20-10-9-12-44-48-20/h9-10,12,15,21H,11,13,16-19H2,1-8H3,(H,47,52)/t21-/m0/s1. The molecule has 2 amide bonds. The van der Waals surface area contributed by atoms with Crippen molar-refractivity contribution in [2.45, 2.75) is 85.0 Å². The molecule has 5 aromatic rings. The summed E-state index contributed by atoms with van der Waals surface area (Å²) in [4.78, 5) is 46.5. The summed E-state index contributed by atoms with van der Waals surface area (Å²) in [5.74, 6) is -1.37. The van der Waals surface area contributed by atoms with Crippen LogP contribution in [0.3, 0.4) is 0 Å². The van der Waals surface area contributed by atoms with E-state index in [0.29, 0.717) is 29.9 Å². The van der Waals surface area contributed by atoms with Crippen molar-refractivity contribution in [1.82, 2.24) is 30.0 Å². The van der Waals surface area contributed by atoms with E-state index in [-0.39, 0.29) is 80.4 Å². The van der Waals surface area contributed by atoms with E-state index in [1.54, 1.807) is 53.7 Å². The van der Waals surface area contributed by atoms with Crippen molar-refractivity contribution in [3.63, 3.8) is 0 Å². The molecule has 1 saturated heterocycles. The Morgan fingerprint density at radius 3 is 2.47 bits per heavy atom. The van der Waals surface area contributed by atoms with Crippen molar-refractivity contribution >= 4 is 61.3 Å². The second-order valence-corrected chi connectivity index (χ2v) is 17.1. The van der Waals surface area contributed by atoms with Crippen LogP contribution >= 0.6 is 11.3 Å². The third-order valence-corrected chi connectivity index (χ3v) is 10.5. The second kappa shape index (κ2) is 15.0. The first-order chi connectivity index (χ1) is 26.9. The molecule has 0 bridgehead atoms. The third-order valence-electron chi connectivity index (χ3n) is 9.39. The number of rotatable bonds is 7. The predicted octanol–water partition coefficient (Wildman–Crippen LogP) is 7.31. The van der Waals surface area contributed by atoms with Crippen LogP contribution in [0.1, 0.15) is 70.3 Å². The molecular weight excluding hydrogens is 759 g/mol. The van der Waals surface area contributed by atoms with Gasteiger partial charge in [-0.3, -0.25) is 15.2 Å². The van der Waals surface area contributed by atoms with Crippen LogP contribution in [0.4, 0.5) is 35.1 Å². The number of nitriles is 1. The van der Waals surface area contributed by atoms with Crippen molar-refractivity contribution in [2.75, 3.05) is 42.3 Å². The van der Waals surface area contributed by atoms with Crippen LogP contribution in [0.2, 0.25) is 0 Å². The van der Waals surface area contributed by atoms with E-state index in [2.05, 4.69) is 31.5 Å². The van der Waals surface area contributed by atoms with E-state index in [9.17, 15) is 14.9 Å². The van der Waals surface area contributed by atoms with Crippen molar-refractivity contribution in [3.8, 4) is 17.3 Å². The van der Waals surface area contributed by atoms with Gasteiger partial charge in [0.25, 0.3) is 0 Å². The number of ether oxygens (including phenoxy) is 3. The monoisotopic (exact) mass is 800 g/mol. The summed E-state index contributed by atoms with van der Waals surface area (Å²) in [5.41, 5.74) is -0.870. The van der Waals surface area contributed by atoms with E-state index in [1.807, 2.05) is 19.0 Å². The van der Waals surface area contributed by atoms with E-state index in [4.69, 9.17) is 24.2 Å². The lowest BCUT2D eigenvalue weighted by atomic mass is 9.93. The Morgan fingerprint density at radius 1 is 1.09 bits per heavy atom. The highest BCUT2D eigenvalue weighted by Crippen LogP contribution is 2.47. The Labute approximate surface area is 331 Å². The molecule has 0 aliphatic carbocycles. The molecule has 15 nitrogen and oxygen atoms in total. The maximum Gasteiger partial charge on any atom is 0.416 e. The zero-order chi connectivity index (χ0) is 41.0. The molecular formula is C39H42F2N10O5S. The average molecular weight is 801 g/mol. The molecule has 7 rings (SSSR count). The van der Waals surface area contributed by atoms with Gasteiger partial charge in [-0.2, -0.15) is 20.4 Å². The van der Waals surface area contributed by atoms with E-state index >= 15 is 8.78 Å². The summed E-state index contributed by atoms with van der Waals surface area (Å²) in [6.07, 6.45) is 1.64. The maximum absolute atomic E-state index is 17.9. The molecule has 57 heavy (non-hydrogen) atoms. The molecule has 6 heterocycles. The number of likely N-dealkylation sites (N-methyl/N-ethyl adjacent to an activating group) is 1. The molecule has 2 aliphatic rings. The number of pyridine rings is 1. The molecule has 1 N–H and O–H groups in total. The summed E-state index contributed by atoms with van der Waals surface area (Å²) in [6, 6.07) is 5.61. The Balaban J connectivity index is 1.50. The van der Waals surface area contributed by atoms with Gasteiger partial charge in [0.1, 0.15) is 27.8 Å². The molecule has 0 unspecified atom stereocenters. The van der Waals surface area contributed by atoms with Crippen LogP contribution in [0.5, 0.6) is 0 Å². The van der Waals surface area contributed by atoms with Gasteiger partial charge in [-0.15, -0.1) is 11.3 Å². The quantitative estimate of drug-likeness (QED) is 0.174. The van der Waals surface area contributed by atoms with Gasteiger partial charge in [0.2, 0.25) is 5.95 Å². The van der Waals surface area contributed by atoms with Gasteiger partial charge < -0.3 is 24.0 Å². The van der Waals surface area contributed by atoms with Crippen molar-refractivity contribution in [2.24, 2.45) is 0 Å². The number of nitrogens with zero attached hydrogens (tertiary/aromatic N) is 9. The lowest BCUT2D eigenvalue weighted by molar-refractivity contribution is 0.0574. The SMILES string of the molecule is CN(C)[C@H]1CCN(c2nc(N(Cc3cccnn3)C(=O)OC(C)(C)C)c3c4c(c(-c5ncc(F)c6sc(NC(=O)OC(C)(C)C)c(C#N)c56)c(F)c3n2)COC4)C1. The van der Waals surface area contributed by atoms with Gasteiger partial charge in [-0.05, 0) is 85.3 Å². The second-order valence-electron chi connectivity index (χ2n) is 16.0. The zero-order valence-electron chi connectivity index (χ0n) is 32.9. The minimum Gasteiger partial charge on any atom is -0.444 e. The van der Waals surface area contributed by atoms with Gasteiger partial charge in [-0.1, -0.05) is 0 Å². The first kappa shape index (κ1) is 39.6. The van der Waals surface area contributed by atoms with E-state index in [0.717, 1.165) is 24.0 Å². The number of aromatic nitrogens is 5. The summed E-state index contributed by atoms with van der Waals surface area (Å²) in [5, 5.41) is 21.4. The molecule has 4 aromatic heterocycles. The van der Waals surface area contributed by atoms with Crippen LogP contribution in [0.25, 0.3) is 32.2 Å². The molecule has 1 aromatic carbocycles. The van der Waals surface area contributed by atoms with Crippen LogP contribution in [-0.2, 0) is 34.0 Å². The minimum absolute atomic E-state index is 0.00168. The molecule has 0 radical (unpaired) electrons. The summed E-state index contributed by atoms with van der Waals surface area (Å²) in [7, 11) is 3.96. The van der Waals surface area contributed by atoms with Gasteiger partial charge in [0.15, 0.2) is 17.5 Å². The molecule has 1 fully saturated rings. The number of hydrogen-bond acceptors (Lipinski definition) is 14. The number of carbonyl (C=O) groups is 2. The van der Waals surface area contributed by atoms with Crippen LogP contribution in [0, 0.1) is 23.0 Å². The van der Waals surface area contributed by atoms with E-state index < -0.39 is 35.0 Å². The number of benzene rings is 1. The largest absolute Gasteiger partial charge is 0.444 e. The fraction of sp³-hybridized carbons (Fsp3) is 0.436. The van der Waals surface area contributed by atoms with Gasteiger partial charge in [0.05, 0.1) is 53.0 Å². The number of nitrogens with one attached hydrogen (secondary N) is 1. The average Bonchev–Trinajstić information content (AvgIpc) is 3.90. The first-order valence-corrected chi connectivity index (χ1v) is 19.1. The highest BCUT2D eigenvalue weighted by atomic mass is 32.1. The predicted molar refractivity (Wildman–Crippen MR) is 210 cm³/mol. The molecule has 18 heteroatoms. The van der Waals surface area contributed by atoms with Gasteiger partial charge in [-0.25, -0.2) is 23.4 Å². The van der Waals surface area contributed by atoms with Crippen LogP contribution in [0.15, 0.2) is 24.5 Å². The number of thiophene rings is 1. The lowest BCUT2D eigenvalue weighted by Gasteiger charge is -2.29. The number of fused-ring (bicyclic) bond motifs is 4. The molecule has 298 valence electrons. The van der Waals surface area contributed by atoms with Crippen LogP contribution < -0.4 is 15.1 Å². The smallest absolute Gasteiger partial charge is 0.416 e. The van der Waals surface area contributed by atoms with Crippen molar-refractivity contribution < 1.29 is 32.6 Å². The lowest BCUT2D eigenvalue weighted by Crippen LogP contribution is -2.38. The summed E-state index contributed by atoms with van der Waals surface area (Å²) in [6.45, 7) is 11.1. The highest BCUT2D eigenvalue weighted by Gasteiger charge is 2.36. The minimum atomic E-state index is -0.906.